The van der Waals surface area contributed by atoms with Gasteiger partial charge in [-0.3, -0.25) is 9.69 Å². The first kappa shape index (κ1) is 17.2. The Morgan fingerprint density at radius 2 is 1.76 bits per heavy atom. The van der Waals surface area contributed by atoms with Crippen LogP contribution in [-0.4, -0.2) is 59.3 Å². The molecule has 1 aromatic heterocycles. The molecule has 6 heteroatoms. The highest BCUT2D eigenvalue weighted by Crippen LogP contribution is 2.13. The number of aromatic amines is 1. The third-order valence-corrected chi connectivity index (χ3v) is 4.50. The predicted octanol–water partition coefficient (Wildman–Crippen LogP) is 2.66. The van der Waals surface area contributed by atoms with Gasteiger partial charge in [0.2, 0.25) is 0 Å². The highest BCUT2D eigenvalue weighted by Gasteiger charge is 2.23. The zero-order valence-electron chi connectivity index (χ0n) is 14.7. The van der Waals surface area contributed by atoms with Crippen molar-refractivity contribution in [3.8, 4) is 0 Å². The van der Waals surface area contributed by atoms with Crippen molar-refractivity contribution in [1.82, 2.24) is 14.8 Å². The number of para-hydroxylation sites is 1. The fourth-order valence-electron chi connectivity index (χ4n) is 3.13. The van der Waals surface area contributed by atoms with E-state index in [-0.39, 0.29) is 11.8 Å². The number of nitrogens with zero attached hydrogens (tertiary/aromatic N) is 2. The second-order valence-corrected chi connectivity index (χ2v) is 6.47. The number of hydrogen-bond donors (Lipinski definition) is 2. The summed E-state index contributed by atoms with van der Waals surface area (Å²) in [5.41, 5.74) is 3.48. The van der Waals surface area contributed by atoms with Crippen LogP contribution in [0.25, 0.3) is 0 Å². The summed E-state index contributed by atoms with van der Waals surface area (Å²) < 4.78 is 0. The Kier molecular flexibility index (Phi) is 5.19. The van der Waals surface area contributed by atoms with Crippen LogP contribution in [-0.2, 0) is 0 Å². The molecule has 3 rings (SSSR count). The minimum absolute atomic E-state index is 0.0886. The number of anilines is 1. The Morgan fingerprint density at radius 3 is 2.36 bits per heavy atom. The van der Waals surface area contributed by atoms with Crippen LogP contribution >= 0.6 is 0 Å². The number of rotatable bonds is 4. The Hall–Kier alpha value is -2.60. The quantitative estimate of drug-likeness (QED) is 0.841. The van der Waals surface area contributed by atoms with Crippen LogP contribution in [0.15, 0.2) is 36.4 Å². The number of hydrogen-bond acceptors (Lipinski definition) is 3. The number of piperazine rings is 1. The van der Waals surface area contributed by atoms with E-state index in [2.05, 4.69) is 15.2 Å². The van der Waals surface area contributed by atoms with Crippen molar-refractivity contribution in [2.45, 2.75) is 13.8 Å². The van der Waals surface area contributed by atoms with Crippen molar-refractivity contribution >= 4 is 17.5 Å². The molecule has 6 nitrogen and oxygen atoms in total. The van der Waals surface area contributed by atoms with E-state index in [9.17, 15) is 9.59 Å². The van der Waals surface area contributed by atoms with Crippen molar-refractivity contribution in [3.63, 3.8) is 0 Å². The number of urea groups is 1. The van der Waals surface area contributed by atoms with Gasteiger partial charge in [-0.25, -0.2) is 4.79 Å². The second kappa shape index (κ2) is 7.53. The summed E-state index contributed by atoms with van der Waals surface area (Å²) in [7, 11) is 0. The maximum atomic E-state index is 12.4. The van der Waals surface area contributed by atoms with Gasteiger partial charge >= 0.3 is 6.03 Å². The third-order valence-electron chi connectivity index (χ3n) is 4.50. The maximum Gasteiger partial charge on any atom is 0.321 e. The Labute approximate surface area is 147 Å². The molecule has 2 N–H and O–H groups in total. The second-order valence-electron chi connectivity index (χ2n) is 6.47. The molecule has 0 spiro atoms. The van der Waals surface area contributed by atoms with Crippen molar-refractivity contribution in [1.29, 1.82) is 0 Å². The van der Waals surface area contributed by atoms with Crippen molar-refractivity contribution in [3.05, 3.63) is 53.3 Å². The molecule has 132 valence electrons. The first-order valence-corrected chi connectivity index (χ1v) is 8.55. The molecule has 0 bridgehead atoms. The molecule has 2 heterocycles. The number of ketones is 1. The number of amides is 2. The number of aryl methyl sites for hydroxylation is 2. The SMILES string of the molecule is Cc1cc(C(=O)CN2CCN(C(=O)Nc3ccccc3)CC2)c(C)[nH]1. The molecular weight excluding hydrogens is 316 g/mol. The van der Waals surface area contributed by atoms with Crippen LogP contribution in [0.5, 0.6) is 0 Å². The largest absolute Gasteiger partial charge is 0.362 e. The van der Waals surface area contributed by atoms with E-state index in [4.69, 9.17) is 0 Å². The summed E-state index contributed by atoms with van der Waals surface area (Å²) in [6.45, 7) is 6.92. The van der Waals surface area contributed by atoms with Gasteiger partial charge in [0.15, 0.2) is 5.78 Å². The predicted molar refractivity (Wildman–Crippen MR) is 98.1 cm³/mol. The molecular formula is C19H24N4O2. The summed E-state index contributed by atoms with van der Waals surface area (Å²) in [5, 5.41) is 2.90. The number of Topliss-reactive ketones (excluding diaryl/α,β-unsaturated/α-hetero) is 1. The van der Waals surface area contributed by atoms with Crippen molar-refractivity contribution in [2.75, 3.05) is 38.0 Å². The van der Waals surface area contributed by atoms with Crippen LogP contribution in [0, 0.1) is 13.8 Å². The third kappa shape index (κ3) is 4.28. The van der Waals surface area contributed by atoms with Crippen LogP contribution in [0.3, 0.4) is 0 Å². The summed E-state index contributed by atoms with van der Waals surface area (Å²) in [5.74, 6) is 0.129. The summed E-state index contributed by atoms with van der Waals surface area (Å²) in [4.78, 5) is 31.8. The van der Waals surface area contributed by atoms with Crippen LogP contribution < -0.4 is 5.32 Å². The normalized spacial score (nSPS) is 15.2. The first-order valence-electron chi connectivity index (χ1n) is 8.55. The number of carbonyl (C=O) groups excluding carboxylic acids is 2. The van der Waals surface area contributed by atoms with Gasteiger partial charge in [0.25, 0.3) is 0 Å². The summed E-state index contributed by atoms with van der Waals surface area (Å²) in [6.07, 6.45) is 0. The molecule has 2 aromatic rings. The van der Waals surface area contributed by atoms with E-state index >= 15 is 0 Å². The fraction of sp³-hybridized carbons (Fsp3) is 0.368. The Balaban J connectivity index is 1.49. The van der Waals surface area contributed by atoms with E-state index in [1.807, 2.05) is 50.2 Å². The smallest absolute Gasteiger partial charge is 0.321 e. The molecule has 0 radical (unpaired) electrons. The van der Waals surface area contributed by atoms with Crippen LogP contribution in [0.2, 0.25) is 0 Å². The lowest BCUT2D eigenvalue weighted by molar-refractivity contribution is 0.0883. The minimum Gasteiger partial charge on any atom is -0.362 e. The van der Waals surface area contributed by atoms with Gasteiger partial charge in [-0.1, -0.05) is 18.2 Å². The number of aromatic nitrogens is 1. The summed E-state index contributed by atoms with van der Waals surface area (Å²) >= 11 is 0. The van der Waals surface area contributed by atoms with E-state index in [1.54, 1.807) is 4.90 Å². The molecule has 0 atom stereocenters. The van der Waals surface area contributed by atoms with Crippen LogP contribution in [0.1, 0.15) is 21.7 Å². The number of benzene rings is 1. The monoisotopic (exact) mass is 340 g/mol. The summed E-state index contributed by atoms with van der Waals surface area (Å²) in [6, 6.07) is 11.3. The van der Waals surface area contributed by atoms with E-state index < -0.39 is 0 Å². The first-order chi connectivity index (χ1) is 12.0. The minimum atomic E-state index is -0.0886. The molecule has 0 unspecified atom stereocenters. The Bertz CT molecular complexity index is 746. The number of H-pyrrole nitrogens is 1. The number of carbonyl (C=O) groups is 2. The van der Waals surface area contributed by atoms with E-state index in [0.717, 1.165) is 22.6 Å². The average molecular weight is 340 g/mol. The van der Waals surface area contributed by atoms with E-state index in [0.29, 0.717) is 32.7 Å². The molecule has 1 saturated heterocycles. The molecule has 1 fully saturated rings. The fourth-order valence-corrected chi connectivity index (χ4v) is 3.13. The number of nitrogens with one attached hydrogen (secondary N) is 2. The topological polar surface area (TPSA) is 68.4 Å². The molecule has 2 amide bonds. The molecule has 25 heavy (non-hydrogen) atoms. The lowest BCUT2D eigenvalue weighted by Crippen LogP contribution is -2.51. The van der Waals surface area contributed by atoms with Gasteiger partial charge in [-0.2, -0.15) is 0 Å². The van der Waals surface area contributed by atoms with Gasteiger partial charge in [-0.15, -0.1) is 0 Å². The van der Waals surface area contributed by atoms with Gasteiger partial charge in [-0.05, 0) is 32.0 Å². The van der Waals surface area contributed by atoms with Gasteiger partial charge in [0.1, 0.15) is 0 Å². The highest BCUT2D eigenvalue weighted by molar-refractivity contribution is 5.99. The molecule has 1 aliphatic heterocycles. The van der Waals surface area contributed by atoms with E-state index in [1.165, 1.54) is 0 Å². The highest BCUT2D eigenvalue weighted by atomic mass is 16.2. The van der Waals surface area contributed by atoms with Crippen molar-refractivity contribution < 1.29 is 9.59 Å². The molecule has 0 aliphatic carbocycles. The Morgan fingerprint density at radius 1 is 1.08 bits per heavy atom. The zero-order chi connectivity index (χ0) is 17.8. The van der Waals surface area contributed by atoms with Crippen LogP contribution in [0.4, 0.5) is 10.5 Å². The van der Waals surface area contributed by atoms with Gasteiger partial charge in [0, 0.05) is 48.8 Å². The zero-order valence-corrected chi connectivity index (χ0v) is 14.7. The standard InChI is InChI=1S/C19H24N4O2/c1-14-12-17(15(2)20-14)18(24)13-22-8-10-23(11-9-22)19(25)21-16-6-4-3-5-7-16/h3-7,12,20H,8-11,13H2,1-2H3,(H,21,25). The van der Waals surface area contributed by atoms with Gasteiger partial charge in [0.05, 0.1) is 6.54 Å². The molecule has 0 saturated carbocycles. The van der Waals surface area contributed by atoms with Gasteiger partial charge < -0.3 is 15.2 Å². The van der Waals surface area contributed by atoms with Crippen molar-refractivity contribution in [2.24, 2.45) is 0 Å². The maximum absolute atomic E-state index is 12.4. The molecule has 1 aliphatic rings. The average Bonchev–Trinajstić information content (AvgIpc) is 2.95. The lowest BCUT2D eigenvalue weighted by Gasteiger charge is -2.34. The molecule has 1 aromatic carbocycles. The lowest BCUT2D eigenvalue weighted by atomic mass is 10.1.